The lowest BCUT2D eigenvalue weighted by Crippen LogP contribution is -2.55. The van der Waals surface area contributed by atoms with Gasteiger partial charge in [0.25, 0.3) is 0 Å². The highest BCUT2D eigenvalue weighted by Crippen LogP contribution is 2.44. The van der Waals surface area contributed by atoms with Crippen molar-refractivity contribution in [2.75, 3.05) is 20.4 Å². The lowest BCUT2D eigenvalue weighted by molar-refractivity contribution is -0.164. The highest BCUT2D eigenvalue weighted by Gasteiger charge is 2.36. The van der Waals surface area contributed by atoms with E-state index in [-0.39, 0.29) is 31.3 Å². The number of nitrogens with one attached hydrogen (secondary N) is 1. The average molecular weight is 539 g/mol. The first-order chi connectivity index (χ1) is 18.7. The molecule has 0 fully saturated rings. The monoisotopic (exact) mass is 538 g/mol. The smallest absolute Gasteiger partial charge is 0.407 e. The van der Waals surface area contributed by atoms with Gasteiger partial charge >= 0.3 is 18.0 Å². The Labute approximate surface area is 227 Å². The predicted octanol–water partition coefficient (Wildman–Crippen LogP) is 3.42. The van der Waals surface area contributed by atoms with Gasteiger partial charge < -0.3 is 24.3 Å². The molecule has 10 heteroatoms. The summed E-state index contributed by atoms with van der Waals surface area (Å²) < 4.78 is 15.3. The fourth-order valence-corrected chi connectivity index (χ4v) is 4.72. The number of carbonyl (C=O) groups is 5. The van der Waals surface area contributed by atoms with Gasteiger partial charge in [0.2, 0.25) is 5.91 Å². The molecule has 0 saturated heterocycles. The van der Waals surface area contributed by atoms with Gasteiger partial charge in [-0.2, -0.15) is 0 Å². The molecule has 0 spiro atoms. The van der Waals surface area contributed by atoms with Gasteiger partial charge in [-0.1, -0.05) is 62.4 Å². The third-order valence-corrected chi connectivity index (χ3v) is 6.50. The van der Waals surface area contributed by atoms with Crippen LogP contribution in [0.4, 0.5) is 4.79 Å². The van der Waals surface area contributed by atoms with Crippen molar-refractivity contribution in [2.45, 2.75) is 51.6 Å². The summed E-state index contributed by atoms with van der Waals surface area (Å²) in [5.41, 5.74) is 4.26. The maximum Gasteiger partial charge on any atom is 0.407 e. The highest BCUT2D eigenvalue weighted by molar-refractivity contribution is 5.91. The molecule has 10 nitrogen and oxygen atoms in total. The van der Waals surface area contributed by atoms with Gasteiger partial charge in [0.15, 0.2) is 6.73 Å². The summed E-state index contributed by atoms with van der Waals surface area (Å²) in [7, 11) is 1.12. The van der Waals surface area contributed by atoms with Gasteiger partial charge in [0.1, 0.15) is 25.0 Å². The third kappa shape index (κ3) is 7.22. The van der Waals surface area contributed by atoms with Crippen LogP contribution in [0.3, 0.4) is 0 Å². The molecule has 0 aliphatic heterocycles. The number of aldehydes is 1. The number of amides is 2. The van der Waals surface area contributed by atoms with Crippen molar-refractivity contribution >= 4 is 30.2 Å². The molecule has 3 rings (SSSR count). The van der Waals surface area contributed by atoms with E-state index in [0.717, 1.165) is 41.2 Å². The van der Waals surface area contributed by atoms with Crippen LogP contribution in [-0.2, 0) is 33.4 Å². The molecule has 2 amide bonds. The van der Waals surface area contributed by atoms with Crippen LogP contribution < -0.4 is 5.32 Å². The molecule has 2 aromatic carbocycles. The van der Waals surface area contributed by atoms with Crippen molar-refractivity contribution in [1.82, 2.24) is 10.2 Å². The van der Waals surface area contributed by atoms with E-state index in [0.29, 0.717) is 6.29 Å². The summed E-state index contributed by atoms with van der Waals surface area (Å²) in [6.07, 6.45) is -0.520. The van der Waals surface area contributed by atoms with E-state index in [2.05, 4.69) is 5.32 Å². The maximum absolute atomic E-state index is 13.6. The van der Waals surface area contributed by atoms with Crippen LogP contribution in [0.2, 0.25) is 0 Å². The molecule has 2 atom stereocenters. The molecule has 0 saturated carbocycles. The lowest BCUT2D eigenvalue weighted by Gasteiger charge is -2.32. The Hall–Kier alpha value is -4.21. The minimum absolute atomic E-state index is 0.0361. The molecule has 1 N–H and O–H groups in total. The Balaban J connectivity index is 1.78. The van der Waals surface area contributed by atoms with Crippen molar-refractivity contribution in [3.05, 3.63) is 59.7 Å². The van der Waals surface area contributed by atoms with E-state index in [1.807, 2.05) is 62.4 Å². The summed E-state index contributed by atoms with van der Waals surface area (Å²) in [4.78, 5) is 62.6. The van der Waals surface area contributed by atoms with E-state index in [1.54, 1.807) is 0 Å². The number of hydrogen-bond acceptors (Lipinski definition) is 8. The third-order valence-electron chi connectivity index (χ3n) is 6.50. The first-order valence-corrected chi connectivity index (χ1v) is 12.7. The summed E-state index contributed by atoms with van der Waals surface area (Å²) in [6, 6.07) is 13.4. The molecule has 0 heterocycles. The van der Waals surface area contributed by atoms with Gasteiger partial charge in [-0.15, -0.1) is 0 Å². The Morgan fingerprint density at radius 3 is 2.08 bits per heavy atom. The Kier molecular flexibility index (Phi) is 10.2. The molecule has 0 unspecified atom stereocenters. The molecule has 0 aromatic heterocycles. The number of rotatable bonds is 12. The van der Waals surface area contributed by atoms with Crippen molar-refractivity contribution in [3.8, 4) is 11.1 Å². The van der Waals surface area contributed by atoms with Crippen molar-refractivity contribution in [1.29, 1.82) is 0 Å². The number of carbonyl (C=O) groups excluding carboxylic acids is 5. The molecule has 208 valence electrons. The zero-order valence-corrected chi connectivity index (χ0v) is 22.5. The largest absolute Gasteiger partial charge is 0.467 e. The lowest BCUT2D eigenvalue weighted by atomic mass is 9.98. The van der Waals surface area contributed by atoms with Gasteiger partial charge in [-0.25, -0.2) is 9.59 Å². The molecule has 0 radical (unpaired) electrons. The minimum Gasteiger partial charge on any atom is -0.467 e. The fraction of sp³-hybridized carbons (Fsp3) is 0.414. The second-order valence-corrected chi connectivity index (χ2v) is 9.67. The van der Waals surface area contributed by atoms with E-state index in [4.69, 9.17) is 14.2 Å². The molecule has 39 heavy (non-hydrogen) atoms. The van der Waals surface area contributed by atoms with Crippen molar-refractivity contribution < 1.29 is 38.2 Å². The van der Waals surface area contributed by atoms with Crippen molar-refractivity contribution in [3.63, 3.8) is 0 Å². The number of methoxy groups -OCH3 is 1. The zero-order chi connectivity index (χ0) is 28.5. The van der Waals surface area contributed by atoms with Crippen LogP contribution in [-0.4, -0.2) is 67.7 Å². The number of nitrogens with zero attached hydrogens (tertiary/aromatic N) is 1. The number of hydrogen-bond donors (Lipinski definition) is 1. The fourth-order valence-electron chi connectivity index (χ4n) is 4.72. The van der Waals surface area contributed by atoms with Gasteiger partial charge in [0.05, 0.1) is 7.11 Å². The zero-order valence-electron chi connectivity index (χ0n) is 22.5. The highest BCUT2D eigenvalue weighted by atomic mass is 16.6. The van der Waals surface area contributed by atoms with Gasteiger partial charge in [0, 0.05) is 19.3 Å². The summed E-state index contributed by atoms with van der Waals surface area (Å²) >= 11 is 0. The molecular formula is C29H34N2O8. The van der Waals surface area contributed by atoms with Crippen LogP contribution >= 0.6 is 0 Å². The molecule has 2 aromatic rings. The van der Waals surface area contributed by atoms with Crippen LogP contribution in [0, 0.1) is 5.92 Å². The quantitative estimate of drug-likeness (QED) is 0.188. The van der Waals surface area contributed by atoms with Crippen LogP contribution in [0.25, 0.3) is 11.1 Å². The molecule has 1 aliphatic rings. The van der Waals surface area contributed by atoms with Gasteiger partial charge in [-0.05, 0) is 34.6 Å². The number of alkyl carbamates (subject to hydrolysis) is 1. The summed E-state index contributed by atoms with van der Waals surface area (Å²) in [5.74, 6) is -2.46. The first-order valence-electron chi connectivity index (χ1n) is 12.7. The second kappa shape index (κ2) is 13.5. The Morgan fingerprint density at radius 2 is 1.56 bits per heavy atom. The number of benzene rings is 2. The van der Waals surface area contributed by atoms with E-state index < -0.39 is 42.8 Å². The maximum atomic E-state index is 13.6. The van der Waals surface area contributed by atoms with Crippen molar-refractivity contribution in [2.24, 2.45) is 5.92 Å². The Bertz CT molecular complexity index is 1170. The topological polar surface area (TPSA) is 128 Å². The molecular weight excluding hydrogens is 504 g/mol. The summed E-state index contributed by atoms with van der Waals surface area (Å²) in [6.45, 7) is 4.33. The SMILES string of the molecule is COC(=O)[C@H](CC=O)N(COC(C)=O)C(=O)[C@H](CC(C)C)NC(=O)OCC1c2ccccc2-c2ccccc21. The number of esters is 2. The van der Waals surface area contributed by atoms with E-state index in [9.17, 15) is 24.0 Å². The normalized spacial score (nSPS) is 13.5. The number of fused-ring (bicyclic) bond motifs is 3. The predicted molar refractivity (Wildman–Crippen MR) is 141 cm³/mol. The summed E-state index contributed by atoms with van der Waals surface area (Å²) in [5, 5.41) is 2.61. The van der Waals surface area contributed by atoms with E-state index in [1.165, 1.54) is 0 Å². The second-order valence-electron chi connectivity index (χ2n) is 9.67. The van der Waals surface area contributed by atoms with Crippen LogP contribution in [0.5, 0.6) is 0 Å². The standard InChI is InChI=1S/C29H34N2O8/c1-18(2)15-25(27(34)31(17-39-19(3)33)26(13-14-32)28(35)37-4)30-29(36)38-16-24-22-11-7-5-9-20(22)21-10-6-8-12-23(21)24/h5-12,14,18,24-26H,13,15-17H2,1-4H3,(H,30,36)/t25-,26-/m0/s1. The minimum atomic E-state index is -1.33. The van der Waals surface area contributed by atoms with Crippen LogP contribution in [0.15, 0.2) is 48.5 Å². The van der Waals surface area contributed by atoms with Gasteiger partial charge in [-0.3, -0.25) is 14.5 Å². The first kappa shape index (κ1) is 29.3. The van der Waals surface area contributed by atoms with Crippen LogP contribution in [0.1, 0.15) is 50.7 Å². The average Bonchev–Trinajstić information content (AvgIpc) is 3.23. The molecule has 0 bridgehead atoms. The number of ether oxygens (including phenoxy) is 3. The Morgan fingerprint density at radius 1 is 0.974 bits per heavy atom. The van der Waals surface area contributed by atoms with E-state index >= 15 is 0 Å². The molecule has 1 aliphatic carbocycles.